The summed E-state index contributed by atoms with van der Waals surface area (Å²) in [6, 6.07) is 0. The topological polar surface area (TPSA) is 129 Å². The Balaban J connectivity index is 1.43. The number of fused-ring (bicyclic) bond motifs is 3. The molecule has 0 radical (unpaired) electrons. The molecule has 0 atom stereocenters. The van der Waals surface area contributed by atoms with Gasteiger partial charge in [0.15, 0.2) is 11.6 Å². The molecule has 0 aromatic carbocycles. The number of anilines is 2. The molecule has 0 saturated heterocycles. The average molecular weight is 367 g/mol. The molecular formula is C17H17N7O3. The second-order valence-electron chi connectivity index (χ2n) is 6.34. The number of rotatable bonds is 2. The van der Waals surface area contributed by atoms with Gasteiger partial charge in [0.25, 0.3) is 5.91 Å². The molecule has 27 heavy (non-hydrogen) atoms. The number of aromatic nitrogens is 4. The summed E-state index contributed by atoms with van der Waals surface area (Å²) in [6.45, 7) is 1.65. The van der Waals surface area contributed by atoms with E-state index in [-0.39, 0.29) is 11.9 Å². The molecule has 10 nitrogen and oxygen atoms in total. The lowest BCUT2D eigenvalue weighted by Gasteiger charge is -2.32. The van der Waals surface area contributed by atoms with E-state index in [1.165, 1.54) is 12.4 Å². The highest BCUT2D eigenvalue weighted by atomic mass is 16.6. The quantitative estimate of drug-likeness (QED) is 0.712. The number of amides is 1. The van der Waals surface area contributed by atoms with Gasteiger partial charge in [-0.1, -0.05) is 0 Å². The van der Waals surface area contributed by atoms with Crippen LogP contribution in [0.4, 0.5) is 11.8 Å². The molecule has 4 N–H and O–H groups in total. The third-order valence-corrected chi connectivity index (χ3v) is 4.64. The number of imidazole rings is 1. The van der Waals surface area contributed by atoms with Crippen molar-refractivity contribution in [2.24, 2.45) is 0 Å². The fourth-order valence-electron chi connectivity index (χ4n) is 3.41. The van der Waals surface area contributed by atoms with Crippen LogP contribution >= 0.6 is 0 Å². The zero-order chi connectivity index (χ0) is 18.4. The Bertz CT molecular complexity index is 990. The summed E-state index contributed by atoms with van der Waals surface area (Å²) in [5.41, 5.74) is 7.75. The van der Waals surface area contributed by atoms with Crippen molar-refractivity contribution in [3.8, 4) is 0 Å². The van der Waals surface area contributed by atoms with Crippen LogP contribution < -0.4 is 16.4 Å². The van der Waals surface area contributed by atoms with Crippen molar-refractivity contribution in [2.45, 2.75) is 19.5 Å². The minimum Gasteiger partial charge on any atom is -0.490 e. The standard InChI is InChI=1S/C17H17N7O3/c18-17-19-5-9(6-20-17)16(25)23-12-7-24-8-21-13-10(15(24)22-12)1-2-11-14(13)27-4-3-26-11/h5-7,21H,1-4,8H2,(H,23,25)(H2,18,19,20). The lowest BCUT2D eigenvalue weighted by Crippen LogP contribution is -2.31. The summed E-state index contributed by atoms with van der Waals surface area (Å²) in [6.07, 6.45) is 6.12. The molecule has 0 unspecified atom stereocenters. The molecule has 0 fully saturated rings. The Morgan fingerprint density at radius 2 is 2.04 bits per heavy atom. The summed E-state index contributed by atoms with van der Waals surface area (Å²) in [5, 5.41) is 6.15. The monoisotopic (exact) mass is 367 g/mol. The first-order valence-electron chi connectivity index (χ1n) is 8.61. The summed E-state index contributed by atoms with van der Waals surface area (Å²) in [7, 11) is 0. The molecule has 138 valence electrons. The van der Waals surface area contributed by atoms with E-state index in [1.807, 2.05) is 4.57 Å². The van der Waals surface area contributed by atoms with Gasteiger partial charge in [-0.3, -0.25) is 4.79 Å². The van der Waals surface area contributed by atoms with E-state index in [0.29, 0.717) is 31.3 Å². The number of carbonyl (C=O) groups is 1. The maximum absolute atomic E-state index is 12.4. The number of ether oxygens (including phenoxy) is 2. The largest absolute Gasteiger partial charge is 0.490 e. The summed E-state index contributed by atoms with van der Waals surface area (Å²) in [4.78, 5) is 24.6. The zero-order valence-electron chi connectivity index (χ0n) is 14.4. The van der Waals surface area contributed by atoms with Crippen LogP contribution in [0, 0.1) is 0 Å². The molecule has 0 spiro atoms. The summed E-state index contributed by atoms with van der Waals surface area (Å²) in [5.74, 6) is 2.72. The SMILES string of the molecule is Nc1ncc(C(=O)Nc2cn3c(n2)C2=C(NC3)C3=C(CC2)OCCO3)cn1. The van der Waals surface area contributed by atoms with Gasteiger partial charge in [-0.2, -0.15) is 0 Å². The third-order valence-electron chi connectivity index (χ3n) is 4.64. The van der Waals surface area contributed by atoms with Gasteiger partial charge >= 0.3 is 0 Å². The fourth-order valence-corrected chi connectivity index (χ4v) is 3.41. The number of hydrogen-bond donors (Lipinski definition) is 3. The van der Waals surface area contributed by atoms with Gasteiger partial charge in [-0.05, 0) is 6.42 Å². The Morgan fingerprint density at radius 1 is 1.22 bits per heavy atom. The van der Waals surface area contributed by atoms with Gasteiger partial charge < -0.3 is 30.4 Å². The number of nitrogens with two attached hydrogens (primary N) is 1. The van der Waals surface area contributed by atoms with Gasteiger partial charge in [0.2, 0.25) is 5.95 Å². The van der Waals surface area contributed by atoms with Crippen molar-refractivity contribution in [3.63, 3.8) is 0 Å². The maximum atomic E-state index is 12.4. The predicted molar refractivity (Wildman–Crippen MR) is 94.8 cm³/mol. The summed E-state index contributed by atoms with van der Waals surface area (Å²) < 4.78 is 13.5. The van der Waals surface area contributed by atoms with Crippen molar-refractivity contribution in [1.29, 1.82) is 0 Å². The van der Waals surface area contributed by atoms with Crippen LogP contribution in [0.2, 0.25) is 0 Å². The average Bonchev–Trinajstić information content (AvgIpc) is 3.11. The number of allylic oxidation sites excluding steroid dienone is 2. The van der Waals surface area contributed by atoms with Crippen LogP contribution in [0.15, 0.2) is 35.8 Å². The lowest BCUT2D eigenvalue weighted by atomic mass is 9.97. The van der Waals surface area contributed by atoms with E-state index >= 15 is 0 Å². The molecule has 2 aromatic heterocycles. The molecule has 10 heteroatoms. The number of hydrogen-bond acceptors (Lipinski definition) is 8. The Kier molecular flexibility index (Phi) is 3.49. The highest BCUT2D eigenvalue weighted by Gasteiger charge is 2.32. The van der Waals surface area contributed by atoms with Crippen LogP contribution in [0.3, 0.4) is 0 Å². The first kappa shape index (κ1) is 15.7. The second-order valence-corrected chi connectivity index (χ2v) is 6.34. The fraction of sp³-hybridized carbons (Fsp3) is 0.294. The number of nitrogens with one attached hydrogen (secondary N) is 2. The Labute approximate surface area is 154 Å². The lowest BCUT2D eigenvalue weighted by molar-refractivity contribution is 0.0588. The minimum absolute atomic E-state index is 0.120. The van der Waals surface area contributed by atoms with Crippen LogP contribution in [0.5, 0.6) is 0 Å². The maximum Gasteiger partial charge on any atom is 0.259 e. The first-order valence-corrected chi connectivity index (χ1v) is 8.61. The highest BCUT2D eigenvalue weighted by Crippen LogP contribution is 2.39. The number of nitrogens with zero attached hydrogens (tertiary/aromatic N) is 4. The molecule has 2 aromatic rings. The van der Waals surface area contributed by atoms with E-state index in [1.54, 1.807) is 6.20 Å². The van der Waals surface area contributed by atoms with Crippen LogP contribution in [0.1, 0.15) is 29.0 Å². The van der Waals surface area contributed by atoms with Gasteiger partial charge in [0, 0.05) is 24.4 Å². The molecule has 4 heterocycles. The van der Waals surface area contributed by atoms with Crippen LogP contribution in [0.25, 0.3) is 5.57 Å². The minimum atomic E-state index is -0.342. The van der Waals surface area contributed by atoms with E-state index in [4.69, 9.17) is 15.2 Å². The molecule has 1 aliphatic carbocycles. The van der Waals surface area contributed by atoms with Crippen LogP contribution in [-0.4, -0.2) is 38.6 Å². The van der Waals surface area contributed by atoms with E-state index in [2.05, 4.69) is 25.6 Å². The molecule has 0 saturated carbocycles. The predicted octanol–water partition coefficient (Wildman–Crippen LogP) is 0.832. The third kappa shape index (κ3) is 2.65. The Hall–Kier alpha value is -3.56. The zero-order valence-corrected chi connectivity index (χ0v) is 14.4. The van der Waals surface area contributed by atoms with Gasteiger partial charge in [0.05, 0.1) is 24.1 Å². The normalized spacial score (nSPS) is 17.8. The molecular weight excluding hydrogens is 350 g/mol. The molecule has 2 aliphatic heterocycles. The van der Waals surface area contributed by atoms with Crippen LogP contribution in [-0.2, 0) is 16.1 Å². The van der Waals surface area contributed by atoms with Crippen molar-refractivity contribution >= 4 is 23.2 Å². The highest BCUT2D eigenvalue weighted by molar-refractivity contribution is 6.03. The molecule has 1 amide bonds. The molecule has 5 rings (SSSR count). The second kappa shape index (κ2) is 6.01. The Morgan fingerprint density at radius 3 is 2.89 bits per heavy atom. The van der Waals surface area contributed by atoms with Crippen molar-refractivity contribution < 1.29 is 14.3 Å². The van der Waals surface area contributed by atoms with Gasteiger partial charge in [0.1, 0.15) is 24.8 Å². The van der Waals surface area contributed by atoms with E-state index < -0.39 is 0 Å². The van der Waals surface area contributed by atoms with Crippen molar-refractivity contribution in [3.05, 3.63) is 47.2 Å². The van der Waals surface area contributed by atoms with E-state index in [0.717, 1.165) is 41.5 Å². The van der Waals surface area contributed by atoms with Crippen molar-refractivity contribution in [2.75, 3.05) is 24.3 Å². The number of carbonyl (C=O) groups excluding carboxylic acids is 1. The van der Waals surface area contributed by atoms with Crippen molar-refractivity contribution in [1.82, 2.24) is 24.8 Å². The smallest absolute Gasteiger partial charge is 0.259 e. The molecule has 3 aliphatic rings. The van der Waals surface area contributed by atoms with Gasteiger partial charge in [-0.25, -0.2) is 15.0 Å². The number of nitrogen functional groups attached to an aromatic ring is 1. The molecule has 0 bridgehead atoms. The van der Waals surface area contributed by atoms with E-state index in [9.17, 15) is 4.79 Å². The first-order chi connectivity index (χ1) is 13.2. The van der Waals surface area contributed by atoms with Gasteiger partial charge in [-0.15, -0.1) is 0 Å². The summed E-state index contributed by atoms with van der Waals surface area (Å²) >= 11 is 0.